The van der Waals surface area contributed by atoms with E-state index in [-0.39, 0.29) is 12.5 Å². The summed E-state index contributed by atoms with van der Waals surface area (Å²) in [6, 6.07) is 5.84. The van der Waals surface area contributed by atoms with E-state index < -0.39 is 0 Å². The first-order valence-electron chi connectivity index (χ1n) is 6.03. The Kier molecular flexibility index (Phi) is 4.82. The molecule has 18 heavy (non-hydrogen) atoms. The van der Waals surface area contributed by atoms with Crippen LogP contribution in [0.15, 0.2) is 18.2 Å². The molecule has 2 rings (SSSR count). The molecule has 1 aliphatic rings. The Balaban J connectivity index is 2.08. The predicted molar refractivity (Wildman–Crippen MR) is 78.1 cm³/mol. The standard InChI is InChI=1S/C13H16INO3/c1-2-6-17-7-5-15-11-4-3-10(14)8-12(11)18-9-13(15)16/h3-4,8H,2,5-7,9H2,1H3. The Hall–Kier alpha value is -0.820. The Morgan fingerprint density at radius 1 is 1.44 bits per heavy atom. The summed E-state index contributed by atoms with van der Waals surface area (Å²) < 4.78 is 12.0. The van der Waals surface area contributed by atoms with Crippen LogP contribution >= 0.6 is 22.6 Å². The molecular weight excluding hydrogens is 345 g/mol. The summed E-state index contributed by atoms with van der Waals surface area (Å²) in [4.78, 5) is 13.6. The van der Waals surface area contributed by atoms with Crippen LogP contribution in [-0.2, 0) is 9.53 Å². The van der Waals surface area contributed by atoms with Gasteiger partial charge < -0.3 is 14.4 Å². The topological polar surface area (TPSA) is 38.8 Å². The van der Waals surface area contributed by atoms with Gasteiger partial charge in [0.15, 0.2) is 6.61 Å². The van der Waals surface area contributed by atoms with Gasteiger partial charge in [-0.3, -0.25) is 4.79 Å². The fourth-order valence-electron chi connectivity index (χ4n) is 1.83. The van der Waals surface area contributed by atoms with Crippen molar-refractivity contribution >= 4 is 34.2 Å². The quantitative estimate of drug-likeness (QED) is 0.598. The van der Waals surface area contributed by atoms with Gasteiger partial charge in [-0.1, -0.05) is 6.92 Å². The number of benzene rings is 1. The van der Waals surface area contributed by atoms with Crippen molar-refractivity contribution in [2.75, 3.05) is 31.3 Å². The summed E-state index contributed by atoms with van der Waals surface area (Å²) >= 11 is 2.23. The van der Waals surface area contributed by atoms with E-state index in [2.05, 4.69) is 29.5 Å². The second-order valence-corrected chi connectivity index (χ2v) is 5.30. The van der Waals surface area contributed by atoms with Crippen molar-refractivity contribution in [2.45, 2.75) is 13.3 Å². The average Bonchev–Trinajstić information content (AvgIpc) is 2.37. The maximum Gasteiger partial charge on any atom is 0.265 e. The summed E-state index contributed by atoms with van der Waals surface area (Å²) in [7, 11) is 0. The first kappa shape index (κ1) is 13.6. The van der Waals surface area contributed by atoms with E-state index >= 15 is 0 Å². The van der Waals surface area contributed by atoms with Gasteiger partial charge in [0.25, 0.3) is 5.91 Å². The van der Waals surface area contributed by atoms with Crippen LogP contribution in [0.4, 0.5) is 5.69 Å². The summed E-state index contributed by atoms with van der Waals surface area (Å²) in [6.45, 7) is 4.05. The third-order valence-corrected chi connectivity index (χ3v) is 3.34. The SMILES string of the molecule is CCCOCCN1C(=O)COc2cc(I)ccc21. The molecule has 0 atom stereocenters. The molecule has 1 aromatic rings. The molecule has 0 unspecified atom stereocenters. The van der Waals surface area contributed by atoms with Crippen molar-refractivity contribution in [1.29, 1.82) is 0 Å². The van der Waals surface area contributed by atoms with Crippen molar-refractivity contribution in [1.82, 2.24) is 0 Å². The lowest BCUT2D eigenvalue weighted by atomic mass is 10.2. The molecule has 0 bridgehead atoms. The predicted octanol–water partition coefficient (Wildman–Crippen LogP) is 2.44. The number of rotatable bonds is 5. The van der Waals surface area contributed by atoms with Gasteiger partial charge in [-0.15, -0.1) is 0 Å². The third kappa shape index (κ3) is 3.14. The summed E-state index contributed by atoms with van der Waals surface area (Å²) in [5, 5.41) is 0. The first-order chi connectivity index (χ1) is 8.72. The molecule has 4 nitrogen and oxygen atoms in total. The zero-order chi connectivity index (χ0) is 13.0. The molecule has 0 aliphatic carbocycles. The normalized spacial score (nSPS) is 14.3. The molecule has 0 spiro atoms. The minimum Gasteiger partial charge on any atom is -0.482 e. The van der Waals surface area contributed by atoms with Gasteiger partial charge in [0.2, 0.25) is 0 Å². The smallest absolute Gasteiger partial charge is 0.265 e. The molecular formula is C13H16INO3. The number of ether oxygens (including phenoxy) is 2. The van der Waals surface area contributed by atoms with Gasteiger partial charge in [0.05, 0.1) is 12.3 Å². The number of carbonyl (C=O) groups is 1. The summed E-state index contributed by atoms with van der Waals surface area (Å²) in [6.07, 6.45) is 0.992. The summed E-state index contributed by atoms with van der Waals surface area (Å²) in [5.74, 6) is 0.765. The van der Waals surface area contributed by atoms with Crippen molar-refractivity contribution in [3.63, 3.8) is 0 Å². The summed E-state index contributed by atoms with van der Waals surface area (Å²) in [5.41, 5.74) is 0.840. The Morgan fingerprint density at radius 2 is 2.28 bits per heavy atom. The fraction of sp³-hybridized carbons (Fsp3) is 0.462. The number of nitrogens with zero attached hydrogens (tertiary/aromatic N) is 1. The molecule has 1 aromatic carbocycles. The maximum absolute atomic E-state index is 11.8. The highest BCUT2D eigenvalue weighted by atomic mass is 127. The van der Waals surface area contributed by atoms with Crippen molar-refractivity contribution < 1.29 is 14.3 Å². The van der Waals surface area contributed by atoms with Crippen LogP contribution in [0.5, 0.6) is 5.75 Å². The van der Waals surface area contributed by atoms with E-state index in [1.165, 1.54) is 0 Å². The molecule has 1 amide bonds. The number of hydrogen-bond donors (Lipinski definition) is 0. The molecule has 1 aliphatic heterocycles. The molecule has 0 N–H and O–H groups in total. The Bertz CT molecular complexity index is 436. The van der Waals surface area contributed by atoms with Crippen molar-refractivity contribution in [3.05, 3.63) is 21.8 Å². The lowest BCUT2D eigenvalue weighted by molar-refractivity contribution is -0.121. The van der Waals surface area contributed by atoms with Gasteiger partial charge in [-0.25, -0.2) is 0 Å². The molecule has 0 fully saturated rings. The lowest BCUT2D eigenvalue weighted by Gasteiger charge is -2.29. The van der Waals surface area contributed by atoms with Gasteiger partial charge in [0, 0.05) is 16.7 Å². The van der Waals surface area contributed by atoms with Gasteiger partial charge in [-0.05, 0) is 47.2 Å². The monoisotopic (exact) mass is 361 g/mol. The van der Waals surface area contributed by atoms with Crippen LogP contribution in [0, 0.1) is 3.57 Å². The highest BCUT2D eigenvalue weighted by Crippen LogP contribution is 2.33. The second-order valence-electron chi connectivity index (χ2n) is 4.06. The van der Waals surface area contributed by atoms with Gasteiger partial charge in [0.1, 0.15) is 5.75 Å². The van der Waals surface area contributed by atoms with E-state index in [1.807, 2.05) is 18.2 Å². The number of carbonyl (C=O) groups excluding carboxylic acids is 1. The second kappa shape index (κ2) is 6.38. The molecule has 0 saturated heterocycles. The van der Waals surface area contributed by atoms with Gasteiger partial charge in [-0.2, -0.15) is 0 Å². The van der Waals surface area contributed by atoms with Crippen LogP contribution in [0.25, 0.3) is 0 Å². The lowest BCUT2D eigenvalue weighted by Crippen LogP contribution is -2.40. The van der Waals surface area contributed by atoms with E-state index in [1.54, 1.807) is 4.90 Å². The van der Waals surface area contributed by atoms with Crippen LogP contribution in [0.2, 0.25) is 0 Å². The Labute approximate surface area is 120 Å². The van der Waals surface area contributed by atoms with Crippen LogP contribution < -0.4 is 9.64 Å². The van der Waals surface area contributed by atoms with E-state index in [4.69, 9.17) is 9.47 Å². The number of fused-ring (bicyclic) bond motifs is 1. The molecule has 1 heterocycles. The van der Waals surface area contributed by atoms with Gasteiger partial charge >= 0.3 is 0 Å². The Morgan fingerprint density at radius 3 is 3.06 bits per heavy atom. The minimum absolute atomic E-state index is 0.0104. The molecule has 5 heteroatoms. The maximum atomic E-state index is 11.8. The van der Waals surface area contributed by atoms with Crippen molar-refractivity contribution in [2.24, 2.45) is 0 Å². The van der Waals surface area contributed by atoms with Crippen LogP contribution in [0.3, 0.4) is 0 Å². The number of amides is 1. The van der Waals surface area contributed by atoms with Crippen molar-refractivity contribution in [3.8, 4) is 5.75 Å². The number of halogens is 1. The fourth-order valence-corrected chi connectivity index (χ4v) is 2.29. The van der Waals surface area contributed by atoms with E-state index in [9.17, 15) is 4.79 Å². The van der Waals surface area contributed by atoms with E-state index in [0.717, 1.165) is 28.0 Å². The van der Waals surface area contributed by atoms with Crippen LogP contribution in [-0.4, -0.2) is 32.3 Å². The third-order valence-electron chi connectivity index (χ3n) is 2.67. The largest absolute Gasteiger partial charge is 0.482 e. The average molecular weight is 361 g/mol. The minimum atomic E-state index is -0.0104. The van der Waals surface area contributed by atoms with Crippen LogP contribution in [0.1, 0.15) is 13.3 Å². The zero-order valence-corrected chi connectivity index (χ0v) is 12.5. The molecule has 0 aromatic heterocycles. The van der Waals surface area contributed by atoms with E-state index in [0.29, 0.717) is 13.2 Å². The highest BCUT2D eigenvalue weighted by Gasteiger charge is 2.25. The number of anilines is 1. The first-order valence-corrected chi connectivity index (χ1v) is 7.10. The molecule has 0 radical (unpaired) electrons. The molecule has 98 valence electrons. The zero-order valence-electron chi connectivity index (χ0n) is 10.3. The number of hydrogen-bond acceptors (Lipinski definition) is 3. The molecule has 0 saturated carbocycles. The highest BCUT2D eigenvalue weighted by molar-refractivity contribution is 14.1.